The topological polar surface area (TPSA) is 74.3 Å². The highest BCUT2D eigenvalue weighted by Gasteiger charge is 2.67. The van der Waals surface area contributed by atoms with Crippen LogP contribution < -0.4 is 0 Å². The summed E-state index contributed by atoms with van der Waals surface area (Å²) in [6.45, 7) is -0.988. The van der Waals surface area contributed by atoms with Crippen molar-refractivity contribution in [3.63, 3.8) is 0 Å². The predicted octanol–water partition coefficient (Wildman–Crippen LogP) is 2.63. The second-order valence-electron chi connectivity index (χ2n) is 6.49. The number of carbonyl (C=O) groups is 2. The zero-order chi connectivity index (χ0) is 20.1. The standard InChI is InChI=1S/C14H16ClF3NO6PS/c1-6(2)24-26(27)22-5-14(13(17)18)11(25-26)10(16)12(23-14)19-4-7(15)8(20)3-9(19)21/h4,6,10-13H,3,5H2,1-2H3/t10-,11-,12+,14+,26?/m0/s1. The average Bonchev–Trinajstić information content (AvgIpc) is 2.84. The van der Waals surface area contributed by atoms with E-state index in [0.717, 1.165) is 6.20 Å². The lowest BCUT2D eigenvalue weighted by Gasteiger charge is -2.41. The quantitative estimate of drug-likeness (QED) is 0.482. The maximum Gasteiger partial charge on any atom is 0.328 e. The number of rotatable bonds is 4. The van der Waals surface area contributed by atoms with Gasteiger partial charge < -0.3 is 13.8 Å². The number of alkyl halides is 3. The normalized spacial score (nSPS) is 39.9. The number of nitrogens with zero attached hydrogens (tertiary/aromatic N) is 1. The van der Waals surface area contributed by atoms with Gasteiger partial charge in [0.05, 0.1) is 19.1 Å². The molecular weight excluding hydrogens is 434 g/mol. The number of hydrogen-bond donors (Lipinski definition) is 0. The first kappa shape index (κ1) is 21.2. The van der Waals surface area contributed by atoms with Gasteiger partial charge in [0.1, 0.15) is 11.1 Å². The summed E-state index contributed by atoms with van der Waals surface area (Å²) < 4.78 is 63.9. The molecule has 0 radical (unpaired) electrons. The molecule has 0 spiro atoms. The fourth-order valence-electron chi connectivity index (χ4n) is 2.95. The molecule has 2 fully saturated rings. The molecule has 7 nitrogen and oxygen atoms in total. The first-order valence-electron chi connectivity index (χ1n) is 7.92. The van der Waals surface area contributed by atoms with Gasteiger partial charge in [0.25, 0.3) is 6.43 Å². The summed E-state index contributed by atoms with van der Waals surface area (Å²) in [6, 6.07) is 0. The summed E-state index contributed by atoms with van der Waals surface area (Å²) in [5, 5.41) is -0.336. The fraction of sp³-hybridized carbons (Fsp3) is 0.714. The highest BCUT2D eigenvalue weighted by Crippen LogP contribution is 2.61. The van der Waals surface area contributed by atoms with Crippen molar-refractivity contribution in [1.82, 2.24) is 4.90 Å². The minimum atomic E-state index is -3.48. The molecule has 3 aliphatic rings. The van der Waals surface area contributed by atoms with Crippen molar-refractivity contribution >= 4 is 41.8 Å². The molecule has 2 saturated heterocycles. The lowest BCUT2D eigenvalue weighted by Crippen LogP contribution is -2.55. The van der Waals surface area contributed by atoms with Gasteiger partial charge in [-0.2, -0.15) is 0 Å². The van der Waals surface area contributed by atoms with Gasteiger partial charge in [-0.3, -0.25) is 19.0 Å². The highest BCUT2D eigenvalue weighted by molar-refractivity contribution is 8.07. The minimum Gasteiger partial charge on any atom is -0.337 e. The fourth-order valence-corrected chi connectivity index (χ4v) is 5.69. The van der Waals surface area contributed by atoms with Crippen LogP contribution in [-0.4, -0.2) is 59.8 Å². The molecule has 0 N–H and O–H groups in total. The summed E-state index contributed by atoms with van der Waals surface area (Å²) >= 11 is 10.8. The van der Waals surface area contributed by atoms with Gasteiger partial charge in [-0.1, -0.05) is 11.6 Å². The Hall–Kier alpha value is -0.550. The van der Waals surface area contributed by atoms with Crippen LogP contribution in [0.25, 0.3) is 0 Å². The summed E-state index contributed by atoms with van der Waals surface area (Å²) in [4.78, 5) is 24.3. The molecule has 0 aliphatic carbocycles. The second kappa shape index (κ2) is 7.37. The van der Waals surface area contributed by atoms with E-state index in [1.165, 1.54) is 0 Å². The van der Waals surface area contributed by atoms with Gasteiger partial charge in [-0.05, 0) is 25.7 Å². The Kier molecular flexibility index (Phi) is 5.77. The molecular formula is C14H16ClF3NO6PS. The smallest absolute Gasteiger partial charge is 0.328 e. The average molecular weight is 450 g/mol. The van der Waals surface area contributed by atoms with Gasteiger partial charge >= 0.3 is 6.72 Å². The number of Topliss-reactive ketones (excluding diaryl/α,β-unsaturated/α-hetero) is 1. The van der Waals surface area contributed by atoms with Crippen molar-refractivity contribution in [3.8, 4) is 0 Å². The Balaban J connectivity index is 1.93. The summed E-state index contributed by atoms with van der Waals surface area (Å²) in [7, 11) is 0. The van der Waals surface area contributed by atoms with E-state index < -0.39 is 68.1 Å². The molecule has 0 saturated carbocycles. The van der Waals surface area contributed by atoms with Crippen molar-refractivity contribution in [2.75, 3.05) is 6.61 Å². The zero-order valence-electron chi connectivity index (χ0n) is 14.1. The molecule has 1 unspecified atom stereocenters. The van der Waals surface area contributed by atoms with E-state index in [2.05, 4.69) is 0 Å². The summed E-state index contributed by atoms with van der Waals surface area (Å²) in [6.07, 6.45) is -9.19. The summed E-state index contributed by atoms with van der Waals surface area (Å²) in [5.41, 5.74) is -2.48. The van der Waals surface area contributed by atoms with Gasteiger partial charge in [0.15, 0.2) is 23.8 Å². The van der Waals surface area contributed by atoms with Crippen molar-refractivity contribution in [2.24, 2.45) is 0 Å². The molecule has 0 aromatic heterocycles. The number of allylic oxidation sites excluding steroid dienone is 1. The van der Waals surface area contributed by atoms with Crippen molar-refractivity contribution in [3.05, 3.63) is 11.2 Å². The lowest BCUT2D eigenvalue weighted by atomic mass is 9.97. The van der Waals surface area contributed by atoms with Gasteiger partial charge in [0, 0.05) is 6.20 Å². The van der Waals surface area contributed by atoms with Crippen LogP contribution in [0, 0.1) is 0 Å². The van der Waals surface area contributed by atoms with E-state index >= 15 is 4.39 Å². The monoisotopic (exact) mass is 449 g/mol. The molecule has 0 aromatic rings. The first-order valence-corrected chi connectivity index (χ1v) is 10.9. The number of ketones is 1. The van der Waals surface area contributed by atoms with Crippen LogP contribution in [0.2, 0.25) is 0 Å². The first-order chi connectivity index (χ1) is 12.5. The number of amides is 1. The van der Waals surface area contributed by atoms with E-state index in [1.807, 2.05) is 0 Å². The Morgan fingerprint density at radius 2 is 2.11 bits per heavy atom. The number of hydrogen-bond acceptors (Lipinski definition) is 7. The molecule has 5 atom stereocenters. The SMILES string of the molecule is CC(C)OP1(=S)OC[C@@]2(C(F)F)O[C@@H](N3C=C(Cl)C(=O)CC3=O)[C@@H](F)[C@@H]2O1. The van der Waals surface area contributed by atoms with Crippen LogP contribution in [0.15, 0.2) is 11.2 Å². The number of carbonyl (C=O) groups excluding carboxylic acids is 2. The van der Waals surface area contributed by atoms with E-state index in [1.54, 1.807) is 13.8 Å². The highest BCUT2D eigenvalue weighted by atomic mass is 35.5. The van der Waals surface area contributed by atoms with Crippen LogP contribution in [0.1, 0.15) is 20.3 Å². The minimum absolute atomic E-state index is 0.336. The van der Waals surface area contributed by atoms with Crippen LogP contribution in [-0.2, 0) is 39.7 Å². The maximum absolute atomic E-state index is 15.1. The largest absolute Gasteiger partial charge is 0.337 e. The second-order valence-corrected chi connectivity index (χ2v) is 9.81. The van der Waals surface area contributed by atoms with Gasteiger partial charge in [-0.25, -0.2) is 13.2 Å². The molecule has 27 heavy (non-hydrogen) atoms. The molecule has 13 heteroatoms. The van der Waals surface area contributed by atoms with Crippen LogP contribution in [0.3, 0.4) is 0 Å². The molecule has 0 aromatic carbocycles. The number of ether oxygens (including phenoxy) is 1. The van der Waals surface area contributed by atoms with Crippen LogP contribution in [0.4, 0.5) is 13.2 Å². The maximum atomic E-state index is 15.1. The molecule has 152 valence electrons. The van der Waals surface area contributed by atoms with Crippen molar-refractivity contribution < 1.29 is 41.1 Å². The zero-order valence-corrected chi connectivity index (χ0v) is 16.6. The molecule has 3 aliphatic heterocycles. The Labute approximate surface area is 162 Å². The molecule has 3 rings (SSSR count). The molecule has 0 bridgehead atoms. The van der Waals surface area contributed by atoms with Gasteiger partial charge in [0.2, 0.25) is 5.91 Å². The van der Waals surface area contributed by atoms with Crippen LogP contribution in [0.5, 0.6) is 0 Å². The van der Waals surface area contributed by atoms with Crippen LogP contribution >= 0.6 is 18.3 Å². The Morgan fingerprint density at radius 3 is 2.70 bits per heavy atom. The Bertz CT molecular complexity index is 740. The predicted molar refractivity (Wildman–Crippen MR) is 90.2 cm³/mol. The third-order valence-corrected chi connectivity index (χ3v) is 6.93. The number of fused-ring (bicyclic) bond motifs is 1. The lowest BCUT2D eigenvalue weighted by molar-refractivity contribution is -0.209. The third-order valence-electron chi connectivity index (χ3n) is 4.18. The van der Waals surface area contributed by atoms with E-state index in [4.69, 9.17) is 41.7 Å². The van der Waals surface area contributed by atoms with Gasteiger partial charge in [-0.15, -0.1) is 0 Å². The van der Waals surface area contributed by atoms with E-state index in [0.29, 0.717) is 4.90 Å². The number of halogens is 4. The van der Waals surface area contributed by atoms with E-state index in [-0.39, 0.29) is 5.03 Å². The summed E-state index contributed by atoms with van der Waals surface area (Å²) in [5.74, 6) is -1.49. The van der Waals surface area contributed by atoms with Crippen molar-refractivity contribution in [1.29, 1.82) is 0 Å². The Morgan fingerprint density at radius 1 is 1.44 bits per heavy atom. The molecule has 3 heterocycles. The van der Waals surface area contributed by atoms with E-state index in [9.17, 15) is 18.4 Å². The third kappa shape index (κ3) is 3.71. The molecule has 1 amide bonds. The van der Waals surface area contributed by atoms with Crippen molar-refractivity contribution in [2.45, 2.75) is 56.9 Å².